The Morgan fingerprint density at radius 3 is 2.89 bits per heavy atom. The largest absolute Gasteiger partial charge is 0.462 e. The van der Waals surface area contributed by atoms with Crippen LogP contribution >= 0.6 is 11.6 Å². The lowest BCUT2D eigenvalue weighted by Crippen LogP contribution is -2.05. The number of rotatable bonds is 4. The van der Waals surface area contributed by atoms with Gasteiger partial charge in [-0.15, -0.1) is 0 Å². The lowest BCUT2D eigenvalue weighted by Gasteiger charge is -2.05. The number of benzene rings is 1. The van der Waals surface area contributed by atoms with E-state index in [1.807, 2.05) is 0 Å². The molecule has 0 spiro atoms. The molecule has 100 valence electrons. The van der Waals surface area contributed by atoms with E-state index < -0.39 is 11.8 Å². The summed E-state index contributed by atoms with van der Waals surface area (Å²) in [7, 11) is 0. The van der Waals surface area contributed by atoms with Gasteiger partial charge in [-0.05, 0) is 36.6 Å². The van der Waals surface area contributed by atoms with Crippen LogP contribution in [-0.4, -0.2) is 12.6 Å². The van der Waals surface area contributed by atoms with Crippen LogP contribution < -0.4 is 0 Å². The Morgan fingerprint density at radius 2 is 2.32 bits per heavy atom. The van der Waals surface area contributed by atoms with Crippen molar-refractivity contribution >= 4 is 23.6 Å². The van der Waals surface area contributed by atoms with Crippen molar-refractivity contribution < 1.29 is 13.9 Å². The molecule has 0 atom stereocenters. The van der Waals surface area contributed by atoms with Gasteiger partial charge in [0.15, 0.2) is 0 Å². The second-order valence-electron chi connectivity index (χ2n) is 3.54. The van der Waals surface area contributed by atoms with E-state index in [0.29, 0.717) is 5.56 Å². The molecule has 5 nitrogen and oxygen atoms in total. The number of hydrogen-bond donors (Lipinski definition) is 0. The molecule has 0 aliphatic rings. The topological polar surface area (TPSA) is 75.1 Å². The van der Waals surface area contributed by atoms with Crippen LogP contribution in [0.4, 0.5) is 4.39 Å². The number of hydrogen-bond acceptors (Lipinski definition) is 3. The van der Waals surface area contributed by atoms with Crippen LogP contribution in [-0.2, 0) is 9.53 Å². The quantitative estimate of drug-likeness (QED) is 0.275. The zero-order valence-corrected chi connectivity index (χ0v) is 11.1. The van der Waals surface area contributed by atoms with Gasteiger partial charge < -0.3 is 4.74 Å². The number of aryl methyl sites for hydroxylation is 1. The Bertz CT molecular complexity index is 581. The standard InChI is InChI=1S/C12H11ClFN3O2/c1-3-19-12(18)9(16-17-15)6-8-5-4-7(2)11(14)10(8)13/h4-6H,3H2,1-2H3/b9-6-. The van der Waals surface area contributed by atoms with Gasteiger partial charge in [0.05, 0.1) is 11.6 Å². The smallest absolute Gasteiger partial charge is 0.340 e. The van der Waals surface area contributed by atoms with E-state index in [1.165, 1.54) is 18.2 Å². The first-order valence-corrected chi connectivity index (χ1v) is 5.77. The highest BCUT2D eigenvalue weighted by molar-refractivity contribution is 6.32. The summed E-state index contributed by atoms with van der Waals surface area (Å²) in [4.78, 5) is 14.0. The molecule has 1 rings (SSSR count). The minimum absolute atomic E-state index is 0.132. The third-order valence-corrected chi connectivity index (χ3v) is 2.62. The van der Waals surface area contributed by atoms with Crippen LogP contribution in [0.2, 0.25) is 5.02 Å². The number of ether oxygens (including phenoxy) is 1. The minimum atomic E-state index is -0.794. The van der Waals surface area contributed by atoms with E-state index in [0.717, 1.165) is 0 Å². The summed E-state index contributed by atoms with van der Waals surface area (Å²) in [5.41, 5.74) is 8.73. The zero-order chi connectivity index (χ0) is 14.4. The van der Waals surface area contributed by atoms with Gasteiger partial charge in [-0.2, -0.15) is 0 Å². The lowest BCUT2D eigenvalue weighted by molar-refractivity contribution is -0.138. The maximum Gasteiger partial charge on any atom is 0.340 e. The molecular weight excluding hydrogens is 273 g/mol. The number of esters is 1. The molecule has 0 bridgehead atoms. The van der Waals surface area contributed by atoms with Crippen molar-refractivity contribution in [3.05, 3.63) is 50.2 Å². The number of azide groups is 1. The maximum absolute atomic E-state index is 13.6. The van der Waals surface area contributed by atoms with Crippen LogP contribution in [0.1, 0.15) is 18.1 Å². The van der Waals surface area contributed by atoms with Crippen molar-refractivity contribution in [3.8, 4) is 0 Å². The molecule has 1 aromatic rings. The molecule has 0 radical (unpaired) electrons. The van der Waals surface area contributed by atoms with Gasteiger partial charge in [0.25, 0.3) is 0 Å². The maximum atomic E-state index is 13.6. The summed E-state index contributed by atoms with van der Waals surface area (Å²) in [6, 6.07) is 3.03. The summed E-state index contributed by atoms with van der Waals surface area (Å²) in [5.74, 6) is -1.38. The zero-order valence-electron chi connectivity index (χ0n) is 10.4. The number of nitrogens with zero attached hydrogens (tertiary/aromatic N) is 3. The molecule has 0 N–H and O–H groups in total. The van der Waals surface area contributed by atoms with Crippen LogP contribution in [0.5, 0.6) is 0 Å². The summed E-state index contributed by atoms with van der Waals surface area (Å²) >= 11 is 5.82. The molecule has 0 heterocycles. The molecule has 0 aliphatic heterocycles. The van der Waals surface area contributed by atoms with Crippen molar-refractivity contribution in [3.63, 3.8) is 0 Å². The van der Waals surface area contributed by atoms with Crippen molar-refractivity contribution in [2.75, 3.05) is 6.61 Å². The van der Waals surface area contributed by atoms with Crippen molar-refractivity contribution in [1.82, 2.24) is 0 Å². The SMILES string of the molecule is CCOC(=O)/C(=C/c1ccc(C)c(F)c1Cl)N=[N+]=[N-]. The van der Waals surface area contributed by atoms with Gasteiger partial charge in [0.1, 0.15) is 11.5 Å². The fraction of sp³-hybridized carbons (Fsp3) is 0.250. The van der Waals surface area contributed by atoms with Crippen molar-refractivity contribution in [2.24, 2.45) is 5.11 Å². The highest BCUT2D eigenvalue weighted by atomic mass is 35.5. The van der Waals surface area contributed by atoms with Gasteiger partial charge in [0, 0.05) is 4.91 Å². The first kappa shape index (κ1) is 15.0. The predicted octanol–water partition coefficient (Wildman–Crippen LogP) is 4.00. The van der Waals surface area contributed by atoms with Crippen LogP contribution in [0, 0.1) is 12.7 Å². The van der Waals surface area contributed by atoms with Crippen LogP contribution in [0.25, 0.3) is 16.5 Å². The van der Waals surface area contributed by atoms with Gasteiger partial charge in [-0.3, -0.25) is 0 Å². The van der Waals surface area contributed by atoms with Crippen molar-refractivity contribution in [1.29, 1.82) is 0 Å². The summed E-state index contributed by atoms with van der Waals surface area (Å²) in [6.07, 6.45) is 1.18. The van der Waals surface area contributed by atoms with E-state index in [1.54, 1.807) is 13.8 Å². The highest BCUT2D eigenvalue weighted by Gasteiger charge is 2.12. The normalized spacial score (nSPS) is 10.8. The number of halogens is 2. The molecule has 19 heavy (non-hydrogen) atoms. The molecule has 0 fully saturated rings. The Morgan fingerprint density at radius 1 is 1.63 bits per heavy atom. The molecule has 0 amide bonds. The van der Waals surface area contributed by atoms with E-state index in [-0.39, 0.29) is 22.9 Å². The molecule has 0 unspecified atom stereocenters. The average molecular weight is 284 g/mol. The molecular formula is C12H11ClFN3O2. The van der Waals surface area contributed by atoms with Gasteiger partial charge in [0.2, 0.25) is 0 Å². The van der Waals surface area contributed by atoms with E-state index in [4.69, 9.17) is 21.9 Å². The molecule has 0 aromatic heterocycles. The Hall–Kier alpha value is -2.04. The summed E-state index contributed by atoms with van der Waals surface area (Å²) < 4.78 is 18.3. The fourth-order valence-electron chi connectivity index (χ4n) is 1.30. The predicted molar refractivity (Wildman–Crippen MR) is 69.9 cm³/mol. The second kappa shape index (κ2) is 6.78. The van der Waals surface area contributed by atoms with E-state index in [2.05, 4.69) is 10.0 Å². The average Bonchev–Trinajstić information content (AvgIpc) is 2.38. The minimum Gasteiger partial charge on any atom is -0.462 e. The van der Waals surface area contributed by atoms with Crippen molar-refractivity contribution in [2.45, 2.75) is 13.8 Å². The summed E-state index contributed by atoms with van der Waals surface area (Å²) in [6.45, 7) is 3.31. The van der Waals surface area contributed by atoms with E-state index >= 15 is 0 Å². The van der Waals surface area contributed by atoms with E-state index in [9.17, 15) is 9.18 Å². The van der Waals surface area contributed by atoms with Crippen LogP contribution in [0.15, 0.2) is 22.9 Å². The first-order chi connectivity index (χ1) is 9.01. The first-order valence-electron chi connectivity index (χ1n) is 5.39. The molecule has 0 saturated heterocycles. The van der Waals surface area contributed by atoms with Gasteiger partial charge in [-0.25, -0.2) is 9.18 Å². The molecule has 0 saturated carbocycles. The van der Waals surface area contributed by atoms with Gasteiger partial charge in [-0.1, -0.05) is 28.8 Å². The molecule has 0 aliphatic carbocycles. The number of carbonyl (C=O) groups excluding carboxylic acids is 1. The Balaban J connectivity index is 3.27. The lowest BCUT2D eigenvalue weighted by atomic mass is 10.1. The molecule has 7 heteroatoms. The third kappa shape index (κ3) is 3.71. The van der Waals surface area contributed by atoms with Gasteiger partial charge >= 0.3 is 5.97 Å². The Labute approximate surface area is 114 Å². The second-order valence-corrected chi connectivity index (χ2v) is 3.92. The number of carbonyl (C=O) groups is 1. The highest BCUT2D eigenvalue weighted by Crippen LogP contribution is 2.25. The third-order valence-electron chi connectivity index (χ3n) is 2.23. The van der Waals surface area contributed by atoms with Crippen LogP contribution in [0.3, 0.4) is 0 Å². The monoisotopic (exact) mass is 283 g/mol. The Kier molecular flexibility index (Phi) is 5.36. The summed E-state index contributed by atoms with van der Waals surface area (Å²) in [5, 5.41) is 3.07. The molecule has 1 aromatic carbocycles. The fourth-order valence-corrected chi connectivity index (χ4v) is 1.57.